The molecule has 0 spiro atoms. The first-order chi connectivity index (χ1) is 13.7. The smallest absolute Gasteiger partial charge is 0.250 e. The van der Waals surface area contributed by atoms with Crippen molar-refractivity contribution in [2.45, 2.75) is 72.4 Å². The van der Waals surface area contributed by atoms with Crippen LogP contribution in [0.4, 0.5) is 0 Å². The maximum absolute atomic E-state index is 12.5. The lowest BCUT2D eigenvalue weighted by atomic mass is 9.94. The molecule has 0 N–H and O–H groups in total. The maximum atomic E-state index is 12.5. The Labute approximate surface area is 182 Å². The number of carbonyl (C=O) groups excluding carboxylic acids is 1. The second-order valence-electron chi connectivity index (χ2n) is 10.4. The molecular formula is C22H33N4O2PSi. The summed E-state index contributed by atoms with van der Waals surface area (Å²) in [6.45, 7) is 19.1. The van der Waals surface area contributed by atoms with Gasteiger partial charge in [-0.25, -0.2) is 4.78 Å². The molecule has 3 rings (SSSR count). The fraction of sp³-hybridized carbons (Fsp3) is 0.545. The zero-order valence-electron chi connectivity index (χ0n) is 19.5. The van der Waals surface area contributed by atoms with Gasteiger partial charge in [0.2, 0.25) is 14.2 Å². The van der Waals surface area contributed by atoms with Gasteiger partial charge in [0, 0.05) is 17.9 Å². The van der Waals surface area contributed by atoms with Crippen LogP contribution in [-0.4, -0.2) is 30.5 Å². The second kappa shape index (κ2) is 7.68. The first-order valence-corrected chi connectivity index (χ1v) is 14.6. The summed E-state index contributed by atoms with van der Waals surface area (Å²) in [5, 5.41) is 14.0. The van der Waals surface area contributed by atoms with E-state index in [0.29, 0.717) is 0 Å². The summed E-state index contributed by atoms with van der Waals surface area (Å²) in [5.74, 6) is 0.506. The molecule has 8 heteroatoms. The van der Waals surface area contributed by atoms with E-state index < -0.39 is 16.4 Å². The highest BCUT2D eigenvalue weighted by Crippen LogP contribution is 2.65. The molecule has 2 aliphatic heterocycles. The lowest BCUT2D eigenvalue weighted by Gasteiger charge is -2.41. The summed E-state index contributed by atoms with van der Waals surface area (Å²) >= 11 is 0. The van der Waals surface area contributed by atoms with E-state index in [0.717, 1.165) is 22.5 Å². The minimum absolute atomic E-state index is 0.0497. The highest BCUT2D eigenvalue weighted by Gasteiger charge is 2.50. The van der Waals surface area contributed by atoms with Crippen molar-refractivity contribution in [2.75, 3.05) is 0 Å². The molecule has 1 aromatic rings. The quantitative estimate of drug-likeness (QED) is 0.296. The van der Waals surface area contributed by atoms with Crippen molar-refractivity contribution in [1.82, 2.24) is 4.78 Å². The number of rotatable bonds is 3. The molecule has 2 heterocycles. The predicted octanol–water partition coefficient (Wildman–Crippen LogP) is 6.68. The van der Waals surface area contributed by atoms with Gasteiger partial charge >= 0.3 is 0 Å². The molecule has 2 unspecified atom stereocenters. The molecule has 162 valence electrons. The molecule has 0 fully saturated rings. The Kier molecular flexibility index (Phi) is 5.85. The molecule has 0 saturated heterocycles. The number of carbonyl (C=O) groups is 1. The Balaban J connectivity index is 2.11. The third-order valence-corrected chi connectivity index (χ3v) is 12.4. The van der Waals surface area contributed by atoms with Crippen LogP contribution in [0.15, 0.2) is 56.9 Å². The minimum atomic E-state index is -2.11. The van der Waals surface area contributed by atoms with Crippen molar-refractivity contribution in [2.24, 2.45) is 20.7 Å². The summed E-state index contributed by atoms with van der Waals surface area (Å²) < 4.78 is 8.42. The zero-order valence-corrected chi connectivity index (χ0v) is 21.4. The Morgan fingerprint density at radius 2 is 1.70 bits per heavy atom. The highest BCUT2D eigenvalue weighted by atomic mass is 31.1. The number of azo groups is 1. The first-order valence-electron chi connectivity index (χ1n) is 10.3. The molecule has 6 nitrogen and oxygen atoms in total. The molecule has 2 aliphatic rings. The van der Waals surface area contributed by atoms with Crippen molar-refractivity contribution in [3.05, 3.63) is 47.1 Å². The highest BCUT2D eigenvalue weighted by molar-refractivity contribution is 7.62. The van der Waals surface area contributed by atoms with Crippen LogP contribution in [-0.2, 0) is 9.22 Å². The van der Waals surface area contributed by atoms with Gasteiger partial charge in [0.15, 0.2) is 5.78 Å². The third-order valence-electron chi connectivity index (χ3n) is 5.76. The van der Waals surface area contributed by atoms with Crippen molar-refractivity contribution in [3.8, 4) is 0 Å². The lowest BCUT2D eigenvalue weighted by molar-refractivity contribution is -0.124. The van der Waals surface area contributed by atoms with Gasteiger partial charge in [-0.05, 0) is 18.1 Å². The van der Waals surface area contributed by atoms with Crippen LogP contribution >= 0.6 is 8.07 Å². The Morgan fingerprint density at radius 1 is 1.10 bits per heavy atom. The van der Waals surface area contributed by atoms with E-state index in [2.05, 4.69) is 64.9 Å². The SMILES string of the molecule is CC(=O)N1N=C(c2ccccc2)C2N=N/C(=C(\O[Si](C)(C)C(C)(C)C)C(C)(C)C)P21. The average Bonchev–Trinajstić information content (AvgIpc) is 3.19. The van der Waals surface area contributed by atoms with Crippen LogP contribution in [0.1, 0.15) is 54.0 Å². The standard InChI is InChI=1S/C22H33N4O2PSi/c1-15(27)26-25-17(16-13-11-10-12-14-16)19-23-24-20(29(19)26)18(21(2,3)4)28-30(8,9)22(5,6)7/h10-14,19H,1-9H3/b20-18+. The van der Waals surface area contributed by atoms with E-state index in [1.165, 1.54) is 0 Å². The lowest BCUT2D eigenvalue weighted by Crippen LogP contribution is -2.42. The van der Waals surface area contributed by atoms with Gasteiger partial charge in [0.25, 0.3) is 0 Å². The van der Waals surface area contributed by atoms with Gasteiger partial charge in [-0.2, -0.15) is 10.2 Å². The van der Waals surface area contributed by atoms with Gasteiger partial charge < -0.3 is 4.43 Å². The van der Waals surface area contributed by atoms with Gasteiger partial charge in [-0.3, -0.25) is 4.79 Å². The van der Waals surface area contributed by atoms with Crippen molar-refractivity contribution >= 4 is 28.0 Å². The van der Waals surface area contributed by atoms with Gasteiger partial charge in [-0.1, -0.05) is 71.9 Å². The number of benzene rings is 1. The van der Waals surface area contributed by atoms with Crippen LogP contribution in [0.2, 0.25) is 18.1 Å². The fourth-order valence-electron chi connectivity index (χ4n) is 3.02. The number of nitrogens with zero attached hydrogens (tertiary/aromatic N) is 4. The zero-order chi connectivity index (χ0) is 22.5. The number of allylic oxidation sites excluding steroid dienone is 1. The number of fused-ring (bicyclic) bond motifs is 1. The third kappa shape index (κ3) is 4.15. The fourth-order valence-corrected chi connectivity index (χ4v) is 6.75. The van der Waals surface area contributed by atoms with Gasteiger partial charge in [0.05, 0.1) is 0 Å². The summed E-state index contributed by atoms with van der Waals surface area (Å²) in [4.78, 5) is 12.5. The molecule has 0 radical (unpaired) electrons. The predicted molar refractivity (Wildman–Crippen MR) is 126 cm³/mol. The van der Waals surface area contributed by atoms with Gasteiger partial charge in [0.1, 0.15) is 25.0 Å². The van der Waals surface area contributed by atoms with E-state index in [-0.39, 0.29) is 22.1 Å². The molecule has 30 heavy (non-hydrogen) atoms. The van der Waals surface area contributed by atoms with Crippen LogP contribution in [0.25, 0.3) is 0 Å². The van der Waals surface area contributed by atoms with Crippen LogP contribution in [0, 0.1) is 5.41 Å². The molecule has 0 saturated carbocycles. The molecular weight excluding hydrogens is 411 g/mol. The molecule has 1 aromatic carbocycles. The topological polar surface area (TPSA) is 66.6 Å². The minimum Gasteiger partial charge on any atom is -0.544 e. The van der Waals surface area contributed by atoms with E-state index in [4.69, 9.17) is 9.53 Å². The number of hydrogen-bond acceptors (Lipinski definition) is 5. The molecule has 0 bridgehead atoms. The second-order valence-corrected chi connectivity index (χ2v) is 17.1. The molecule has 1 amide bonds. The number of hydrazone groups is 1. The van der Waals surface area contributed by atoms with E-state index >= 15 is 0 Å². The van der Waals surface area contributed by atoms with Crippen molar-refractivity contribution in [1.29, 1.82) is 0 Å². The molecule has 0 aliphatic carbocycles. The largest absolute Gasteiger partial charge is 0.544 e. The Morgan fingerprint density at radius 3 is 2.20 bits per heavy atom. The average molecular weight is 445 g/mol. The van der Waals surface area contributed by atoms with Crippen LogP contribution < -0.4 is 0 Å². The van der Waals surface area contributed by atoms with Gasteiger partial charge in [-0.15, -0.1) is 5.11 Å². The molecule has 0 aromatic heterocycles. The summed E-state index contributed by atoms with van der Waals surface area (Å²) in [6, 6.07) is 9.92. The Hall–Kier alpha value is -1.85. The normalized spacial score (nSPS) is 23.4. The summed E-state index contributed by atoms with van der Waals surface area (Å²) in [5.41, 5.74) is 2.30. The Bertz CT molecular complexity index is 927. The number of amides is 1. The van der Waals surface area contributed by atoms with Crippen LogP contribution in [0.3, 0.4) is 0 Å². The maximum Gasteiger partial charge on any atom is 0.250 e. The van der Waals surface area contributed by atoms with Crippen LogP contribution in [0.5, 0.6) is 0 Å². The summed E-state index contributed by atoms with van der Waals surface area (Å²) in [7, 11) is -3.30. The molecule has 2 atom stereocenters. The summed E-state index contributed by atoms with van der Waals surface area (Å²) in [6.07, 6.45) is 0. The van der Waals surface area contributed by atoms with E-state index in [1.807, 2.05) is 30.3 Å². The van der Waals surface area contributed by atoms with E-state index in [9.17, 15) is 4.79 Å². The first kappa shape index (κ1) is 22.8. The van der Waals surface area contributed by atoms with E-state index in [1.54, 1.807) is 11.7 Å². The number of hydrogen-bond donors (Lipinski definition) is 0. The van der Waals surface area contributed by atoms with Crippen molar-refractivity contribution in [3.63, 3.8) is 0 Å². The monoisotopic (exact) mass is 444 g/mol. The van der Waals surface area contributed by atoms with Crippen molar-refractivity contribution < 1.29 is 9.22 Å².